The van der Waals surface area contributed by atoms with Crippen LogP contribution in [0.15, 0.2) is 4.99 Å². The maximum atomic E-state index is 11.5. The molecule has 136 valence electrons. The van der Waals surface area contributed by atoms with Crippen molar-refractivity contribution in [3.8, 4) is 0 Å². The molecule has 1 aliphatic rings. The molecule has 1 rings (SSSR count). The van der Waals surface area contributed by atoms with Crippen LogP contribution in [0.5, 0.6) is 0 Å². The number of rotatable bonds is 6. The Morgan fingerprint density at radius 3 is 2.57 bits per heavy atom. The number of amides is 1. The largest absolute Gasteiger partial charge is 0.357 e. The minimum atomic E-state index is 0. The Balaban J connectivity index is 0.00000484. The molecular weight excluding hydrogens is 423 g/mol. The average Bonchev–Trinajstić information content (AvgIpc) is 2.50. The van der Waals surface area contributed by atoms with Gasteiger partial charge in [-0.2, -0.15) is 11.8 Å². The van der Waals surface area contributed by atoms with E-state index in [1.807, 2.05) is 13.8 Å². The molecule has 0 bridgehead atoms. The van der Waals surface area contributed by atoms with E-state index in [1.54, 1.807) is 0 Å². The molecule has 1 saturated heterocycles. The highest BCUT2D eigenvalue weighted by Gasteiger charge is 2.24. The van der Waals surface area contributed by atoms with E-state index in [2.05, 4.69) is 53.1 Å². The number of aliphatic imine (C=N–C) groups is 1. The fourth-order valence-electron chi connectivity index (χ4n) is 2.24. The summed E-state index contributed by atoms with van der Waals surface area (Å²) in [7, 11) is 0. The first-order chi connectivity index (χ1) is 10.5. The molecule has 0 radical (unpaired) electrons. The molecule has 2 N–H and O–H groups in total. The minimum Gasteiger partial charge on any atom is -0.357 e. The summed E-state index contributed by atoms with van der Waals surface area (Å²) >= 11 is 2.06. The molecule has 7 heteroatoms. The third-order valence-corrected chi connectivity index (χ3v) is 5.21. The van der Waals surface area contributed by atoms with Crippen LogP contribution in [-0.2, 0) is 4.79 Å². The molecule has 1 aliphatic heterocycles. The quantitative estimate of drug-likeness (QED) is 0.279. The van der Waals surface area contributed by atoms with E-state index >= 15 is 0 Å². The Hall–Kier alpha value is -0.180. The van der Waals surface area contributed by atoms with Gasteiger partial charge in [0.2, 0.25) is 5.91 Å². The molecule has 0 aromatic rings. The Bertz CT molecular complexity index is 377. The fourth-order valence-corrected chi connectivity index (χ4v) is 3.54. The van der Waals surface area contributed by atoms with E-state index in [4.69, 9.17) is 0 Å². The van der Waals surface area contributed by atoms with Crippen molar-refractivity contribution in [3.05, 3.63) is 0 Å². The van der Waals surface area contributed by atoms with Crippen LogP contribution >= 0.6 is 35.7 Å². The molecule has 23 heavy (non-hydrogen) atoms. The van der Waals surface area contributed by atoms with Gasteiger partial charge in [0.15, 0.2) is 5.96 Å². The standard InChI is InChI=1S/C16H32N4OS.HI/c1-6-17-16(19-8-7-18-15(21)13(4)5)20-9-10-22-14(11-20)12(2)3;/h12-14H,6-11H2,1-5H3,(H,17,19)(H,18,21);1H. The van der Waals surface area contributed by atoms with Crippen molar-refractivity contribution in [2.45, 2.75) is 39.9 Å². The first kappa shape index (κ1) is 22.8. The van der Waals surface area contributed by atoms with Gasteiger partial charge in [-0.3, -0.25) is 9.79 Å². The highest BCUT2D eigenvalue weighted by Crippen LogP contribution is 2.24. The summed E-state index contributed by atoms with van der Waals surface area (Å²) in [6, 6.07) is 0. The lowest BCUT2D eigenvalue weighted by Crippen LogP contribution is -2.49. The zero-order chi connectivity index (χ0) is 16.5. The van der Waals surface area contributed by atoms with Gasteiger partial charge in [0.05, 0.1) is 6.54 Å². The Morgan fingerprint density at radius 1 is 1.30 bits per heavy atom. The number of thioether (sulfide) groups is 1. The number of carbonyl (C=O) groups is 1. The number of hydrogen-bond donors (Lipinski definition) is 2. The van der Waals surface area contributed by atoms with E-state index in [-0.39, 0.29) is 35.8 Å². The van der Waals surface area contributed by atoms with E-state index in [0.29, 0.717) is 24.3 Å². The minimum absolute atomic E-state index is 0. The summed E-state index contributed by atoms with van der Waals surface area (Å²) in [5.41, 5.74) is 0. The first-order valence-electron chi connectivity index (χ1n) is 8.38. The summed E-state index contributed by atoms with van der Waals surface area (Å²) in [5.74, 6) is 2.93. The number of carbonyl (C=O) groups excluding carboxylic acids is 1. The number of hydrogen-bond acceptors (Lipinski definition) is 3. The van der Waals surface area contributed by atoms with Crippen molar-refractivity contribution in [1.82, 2.24) is 15.5 Å². The third-order valence-electron chi connectivity index (χ3n) is 3.67. The van der Waals surface area contributed by atoms with Crippen LogP contribution in [0.1, 0.15) is 34.6 Å². The monoisotopic (exact) mass is 456 g/mol. The molecule has 1 atom stereocenters. The highest BCUT2D eigenvalue weighted by atomic mass is 127. The topological polar surface area (TPSA) is 56.7 Å². The van der Waals surface area contributed by atoms with Gasteiger partial charge < -0.3 is 15.5 Å². The summed E-state index contributed by atoms with van der Waals surface area (Å²) in [5, 5.41) is 6.95. The van der Waals surface area contributed by atoms with Gasteiger partial charge in [0.1, 0.15) is 0 Å². The fraction of sp³-hybridized carbons (Fsp3) is 0.875. The second-order valence-corrected chi connectivity index (χ2v) is 7.63. The van der Waals surface area contributed by atoms with E-state index in [0.717, 1.165) is 31.3 Å². The summed E-state index contributed by atoms with van der Waals surface area (Å²) in [4.78, 5) is 18.6. The smallest absolute Gasteiger partial charge is 0.222 e. The maximum Gasteiger partial charge on any atom is 0.222 e. The summed E-state index contributed by atoms with van der Waals surface area (Å²) < 4.78 is 0. The molecule has 0 spiro atoms. The van der Waals surface area contributed by atoms with Crippen LogP contribution in [0.3, 0.4) is 0 Å². The van der Waals surface area contributed by atoms with Crippen LogP contribution in [0.4, 0.5) is 0 Å². The van der Waals surface area contributed by atoms with Gasteiger partial charge in [-0.05, 0) is 12.8 Å². The summed E-state index contributed by atoms with van der Waals surface area (Å²) in [6.07, 6.45) is 0. The van der Waals surface area contributed by atoms with Crippen LogP contribution in [0, 0.1) is 11.8 Å². The van der Waals surface area contributed by atoms with Crippen molar-refractivity contribution < 1.29 is 4.79 Å². The van der Waals surface area contributed by atoms with Crippen molar-refractivity contribution in [2.24, 2.45) is 16.8 Å². The lowest BCUT2D eigenvalue weighted by Gasteiger charge is -2.36. The lowest BCUT2D eigenvalue weighted by atomic mass is 10.1. The van der Waals surface area contributed by atoms with Crippen molar-refractivity contribution in [2.75, 3.05) is 38.5 Å². The SMILES string of the molecule is CCNC(=NCCNC(=O)C(C)C)N1CCSC(C(C)C)C1.I. The van der Waals surface area contributed by atoms with Gasteiger partial charge in [-0.15, -0.1) is 24.0 Å². The van der Waals surface area contributed by atoms with Gasteiger partial charge in [0.25, 0.3) is 0 Å². The average molecular weight is 456 g/mol. The number of nitrogens with zero attached hydrogens (tertiary/aromatic N) is 2. The highest BCUT2D eigenvalue weighted by molar-refractivity contribution is 14.0. The van der Waals surface area contributed by atoms with E-state index in [1.165, 1.54) is 0 Å². The van der Waals surface area contributed by atoms with Gasteiger partial charge in [-0.1, -0.05) is 27.7 Å². The molecule has 0 aromatic carbocycles. The molecule has 1 fully saturated rings. The normalized spacial score (nSPS) is 18.8. The maximum absolute atomic E-state index is 11.5. The molecule has 1 heterocycles. The second kappa shape index (κ2) is 12.2. The van der Waals surface area contributed by atoms with Crippen molar-refractivity contribution in [3.63, 3.8) is 0 Å². The molecule has 1 amide bonds. The number of nitrogens with one attached hydrogen (secondary N) is 2. The summed E-state index contributed by atoms with van der Waals surface area (Å²) in [6.45, 7) is 14.6. The molecule has 0 aliphatic carbocycles. The molecule has 1 unspecified atom stereocenters. The lowest BCUT2D eigenvalue weighted by molar-refractivity contribution is -0.123. The molecule has 0 saturated carbocycles. The number of halogens is 1. The Kier molecular flexibility index (Phi) is 12.1. The zero-order valence-corrected chi connectivity index (χ0v) is 18.2. The molecule has 0 aromatic heterocycles. The second-order valence-electron chi connectivity index (χ2n) is 6.28. The third kappa shape index (κ3) is 8.47. The zero-order valence-electron chi connectivity index (χ0n) is 15.1. The Morgan fingerprint density at radius 2 is 2.00 bits per heavy atom. The first-order valence-corrected chi connectivity index (χ1v) is 9.43. The van der Waals surface area contributed by atoms with Crippen LogP contribution < -0.4 is 10.6 Å². The van der Waals surface area contributed by atoms with E-state index in [9.17, 15) is 4.79 Å². The van der Waals surface area contributed by atoms with Crippen LogP contribution in [0.2, 0.25) is 0 Å². The van der Waals surface area contributed by atoms with Gasteiger partial charge in [-0.25, -0.2) is 0 Å². The Labute approximate surface area is 162 Å². The predicted molar refractivity (Wildman–Crippen MR) is 112 cm³/mol. The van der Waals surface area contributed by atoms with Gasteiger partial charge >= 0.3 is 0 Å². The predicted octanol–water partition coefficient (Wildman–Crippen LogP) is 2.42. The van der Waals surface area contributed by atoms with Crippen molar-refractivity contribution >= 4 is 47.6 Å². The van der Waals surface area contributed by atoms with E-state index < -0.39 is 0 Å². The number of guanidine groups is 1. The van der Waals surface area contributed by atoms with Crippen LogP contribution in [0.25, 0.3) is 0 Å². The van der Waals surface area contributed by atoms with Crippen LogP contribution in [-0.4, -0.2) is 60.5 Å². The molecular formula is C16H33IN4OS. The van der Waals surface area contributed by atoms with Crippen molar-refractivity contribution in [1.29, 1.82) is 0 Å². The molecule has 5 nitrogen and oxygen atoms in total. The van der Waals surface area contributed by atoms with Gasteiger partial charge in [0, 0.05) is 43.1 Å².